The van der Waals surface area contributed by atoms with E-state index in [0.29, 0.717) is 0 Å². The summed E-state index contributed by atoms with van der Waals surface area (Å²) in [5.74, 6) is 0.726. The zero-order valence-corrected chi connectivity index (χ0v) is 35.5. The first-order valence-corrected chi connectivity index (χ1v) is 23.6. The second kappa shape index (κ2) is 13.1. The second-order valence-electron chi connectivity index (χ2n) is 18.6. The highest BCUT2D eigenvalue weighted by Gasteiger charge is 2.49. The minimum Gasteiger partial charge on any atom is -0.455 e. The molecule has 62 heavy (non-hydrogen) atoms. The minimum atomic E-state index is 0.0562. The number of fused-ring (bicyclic) bond motifs is 16. The topological polar surface area (TPSA) is 38.9 Å². The molecule has 0 unspecified atom stereocenters. The van der Waals surface area contributed by atoms with Crippen molar-refractivity contribution < 1.29 is 4.42 Å². The third kappa shape index (κ3) is 4.82. The van der Waals surface area contributed by atoms with Crippen molar-refractivity contribution in [2.75, 3.05) is 0 Å². The zero-order valence-electron chi connectivity index (χ0n) is 34.6. The number of hydrogen-bond acceptors (Lipinski definition) is 4. The Bertz CT molecular complexity index is 3490. The maximum absolute atomic E-state index is 6.86. The van der Waals surface area contributed by atoms with E-state index in [1.807, 2.05) is 6.07 Å². The third-order valence-corrected chi connectivity index (χ3v) is 16.7. The van der Waals surface area contributed by atoms with Gasteiger partial charge in [0, 0.05) is 42.8 Å². The van der Waals surface area contributed by atoms with Crippen LogP contribution < -0.4 is 0 Å². The number of para-hydroxylation sites is 1. The summed E-state index contributed by atoms with van der Waals surface area (Å²) in [6, 6.07) is 54.5. The Morgan fingerprint density at radius 3 is 1.87 bits per heavy atom. The van der Waals surface area contributed by atoms with Gasteiger partial charge in [-0.3, -0.25) is 0 Å². The monoisotopic (exact) mass is 816 g/mol. The molecule has 2 fully saturated rings. The van der Waals surface area contributed by atoms with Crippen LogP contribution in [-0.4, -0.2) is 9.97 Å². The van der Waals surface area contributed by atoms with E-state index >= 15 is 0 Å². The highest BCUT2D eigenvalue weighted by molar-refractivity contribution is 7.26. The molecule has 0 atom stereocenters. The van der Waals surface area contributed by atoms with Crippen LogP contribution in [0.25, 0.3) is 98.3 Å². The predicted molar refractivity (Wildman–Crippen MR) is 257 cm³/mol. The van der Waals surface area contributed by atoms with Crippen LogP contribution in [0.15, 0.2) is 150 Å². The summed E-state index contributed by atoms with van der Waals surface area (Å²) in [6.07, 6.45) is 12.9. The van der Waals surface area contributed by atoms with Gasteiger partial charge in [-0.1, -0.05) is 142 Å². The average Bonchev–Trinajstić information content (AvgIpc) is 4.05. The summed E-state index contributed by atoms with van der Waals surface area (Å²) >= 11 is 1.76. The molecule has 10 aromatic rings. The number of benzene rings is 7. The van der Waals surface area contributed by atoms with Crippen molar-refractivity contribution in [1.82, 2.24) is 9.97 Å². The molecule has 0 aliphatic heterocycles. The van der Waals surface area contributed by atoms with Crippen LogP contribution in [0.5, 0.6) is 0 Å². The Balaban J connectivity index is 0.916. The van der Waals surface area contributed by atoms with Crippen LogP contribution in [0.4, 0.5) is 0 Å². The summed E-state index contributed by atoms with van der Waals surface area (Å²) < 4.78 is 9.15. The van der Waals surface area contributed by atoms with Crippen molar-refractivity contribution in [2.45, 2.75) is 75.0 Å². The quantitative estimate of drug-likeness (QED) is 0.178. The SMILES string of the molecule is c1ccc(-c2nc(-c3cccc4c3oc3ccc(-c5ccc6c(c5)C5(CCCCC5)c5cc7c(cc5-6)C5(CCCCC5)c5ccccc5-7)cc34)c3sc4ccccc4c3n2)cc1. The molecule has 3 aromatic heterocycles. The first kappa shape index (κ1) is 35.3. The highest BCUT2D eigenvalue weighted by atomic mass is 32.1. The lowest BCUT2D eigenvalue weighted by molar-refractivity contribution is 0.350. The molecule has 0 radical (unpaired) electrons. The fourth-order valence-electron chi connectivity index (χ4n) is 12.7. The molecule has 4 aliphatic rings. The van der Waals surface area contributed by atoms with Gasteiger partial charge in [-0.2, -0.15) is 0 Å². The van der Waals surface area contributed by atoms with Gasteiger partial charge < -0.3 is 4.42 Å². The van der Waals surface area contributed by atoms with Crippen molar-refractivity contribution in [3.63, 3.8) is 0 Å². The molecule has 3 nitrogen and oxygen atoms in total. The van der Waals surface area contributed by atoms with Crippen molar-refractivity contribution in [1.29, 1.82) is 0 Å². The Morgan fingerprint density at radius 1 is 0.435 bits per heavy atom. The van der Waals surface area contributed by atoms with Crippen molar-refractivity contribution in [3.8, 4) is 56.0 Å². The van der Waals surface area contributed by atoms with Gasteiger partial charge in [0.25, 0.3) is 0 Å². The number of hydrogen-bond donors (Lipinski definition) is 0. The minimum absolute atomic E-state index is 0.0562. The van der Waals surface area contributed by atoms with E-state index in [1.165, 1.54) is 102 Å². The van der Waals surface area contributed by atoms with Gasteiger partial charge in [-0.05, 0) is 124 Å². The Kier molecular flexibility index (Phi) is 7.44. The van der Waals surface area contributed by atoms with Crippen LogP contribution in [-0.2, 0) is 10.8 Å². The zero-order chi connectivity index (χ0) is 40.6. The first-order valence-electron chi connectivity index (χ1n) is 22.8. The number of thiophene rings is 1. The Labute approximate surface area is 365 Å². The van der Waals surface area contributed by atoms with Crippen molar-refractivity contribution >= 4 is 53.6 Å². The summed E-state index contributed by atoms with van der Waals surface area (Å²) in [5.41, 5.74) is 20.7. The molecular weight excluding hydrogens is 773 g/mol. The molecule has 4 aliphatic carbocycles. The Morgan fingerprint density at radius 2 is 1.06 bits per heavy atom. The molecule has 14 rings (SSSR count). The van der Waals surface area contributed by atoms with E-state index in [0.717, 1.165) is 60.2 Å². The van der Waals surface area contributed by atoms with Crippen LogP contribution in [0, 0.1) is 0 Å². The predicted octanol–water partition coefficient (Wildman–Crippen LogP) is 16.2. The van der Waals surface area contributed by atoms with Crippen LogP contribution in [0.1, 0.15) is 86.5 Å². The molecule has 0 N–H and O–H groups in total. The summed E-state index contributed by atoms with van der Waals surface area (Å²) in [6.45, 7) is 0. The molecule has 0 saturated heterocycles. The summed E-state index contributed by atoms with van der Waals surface area (Å²) in [5, 5.41) is 3.40. The summed E-state index contributed by atoms with van der Waals surface area (Å²) in [7, 11) is 0. The van der Waals surface area contributed by atoms with Gasteiger partial charge in [-0.15, -0.1) is 11.3 Å². The third-order valence-electron chi connectivity index (χ3n) is 15.5. The van der Waals surface area contributed by atoms with Gasteiger partial charge in [0.05, 0.1) is 15.9 Å². The van der Waals surface area contributed by atoms with Gasteiger partial charge >= 0.3 is 0 Å². The molecule has 298 valence electrons. The van der Waals surface area contributed by atoms with E-state index in [2.05, 4.69) is 140 Å². The van der Waals surface area contributed by atoms with E-state index in [9.17, 15) is 0 Å². The smallest absolute Gasteiger partial charge is 0.160 e. The van der Waals surface area contributed by atoms with E-state index < -0.39 is 0 Å². The molecule has 0 bridgehead atoms. The lowest BCUT2D eigenvalue weighted by atomic mass is 9.66. The normalized spacial score (nSPS) is 17.0. The number of aromatic nitrogens is 2. The Hall–Kier alpha value is -6.36. The maximum Gasteiger partial charge on any atom is 0.160 e. The van der Waals surface area contributed by atoms with Gasteiger partial charge in [0.15, 0.2) is 5.82 Å². The first-order chi connectivity index (χ1) is 30.7. The molecule has 3 heterocycles. The molecule has 0 amide bonds. The van der Waals surface area contributed by atoms with Crippen LogP contribution in [0.2, 0.25) is 0 Å². The summed E-state index contributed by atoms with van der Waals surface area (Å²) in [4.78, 5) is 10.5. The second-order valence-corrected chi connectivity index (χ2v) is 19.6. The maximum atomic E-state index is 6.86. The van der Waals surface area contributed by atoms with Crippen LogP contribution in [0.3, 0.4) is 0 Å². The molecular formula is C58H44N2OS. The fourth-order valence-corrected chi connectivity index (χ4v) is 13.8. The van der Waals surface area contributed by atoms with Gasteiger partial charge in [0.2, 0.25) is 0 Å². The van der Waals surface area contributed by atoms with Gasteiger partial charge in [0.1, 0.15) is 11.2 Å². The van der Waals surface area contributed by atoms with Gasteiger partial charge in [-0.25, -0.2) is 9.97 Å². The van der Waals surface area contributed by atoms with E-state index in [4.69, 9.17) is 14.4 Å². The number of furan rings is 1. The lowest BCUT2D eigenvalue weighted by Gasteiger charge is -2.37. The molecule has 2 spiro atoms. The number of nitrogens with zero attached hydrogens (tertiary/aromatic N) is 2. The fraction of sp³-hybridized carbons (Fsp3) is 0.207. The van der Waals surface area contributed by atoms with Crippen molar-refractivity contribution in [3.05, 3.63) is 168 Å². The highest BCUT2D eigenvalue weighted by Crippen LogP contribution is 2.62. The van der Waals surface area contributed by atoms with Crippen LogP contribution >= 0.6 is 11.3 Å². The molecule has 4 heteroatoms. The molecule has 2 saturated carbocycles. The largest absolute Gasteiger partial charge is 0.455 e. The van der Waals surface area contributed by atoms with E-state index in [-0.39, 0.29) is 10.8 Å². The number of rotatable bonds is 3. The average molecular weight is 817 g/mol. The standard InChI is InChI=1S/C58H44N2OS/c1-4-15-35(16-5-1)56-59-52-41-18-7-9-22-51(41)62-55(52)53(60-56)42-20-14-19-40-45-31-36(24-26-50(45)61-54(40)42)37-23-25-39-44-34-48-43(33-49(44)58(47(39)32-37)29-12-3-13-30-58)38-17-6-8-21-46(38)57(48)27-10-2-11-28-57/h1,4-9,14-26,31-34H,2-3,10-13,27-30H2. The lowest BCUT2D eigenvalue weighted by Crippen LogP contribution is -2.29. The molecule has 7 aromatic carbocycles. The van der Waals surface area contributed by atoms with Crippen molar-refractivity contribution in [2.24, 2.45) is 0 Å². The van der Waals surface area contributed by atoms with E-state index in [1.54, 1.807) is 33.6 Å².